The average Bonchev–Trinajstić information content (AvgIpc) is 1.65. The van der Waals surface area contributed by atoms with Crippen molar-refractivity contribution in [3.63, 3.8) is 0 Å². The third-order valence-corrected chi connectivity index (χ3v) is 23.6. The summed E-state index contributed by atoms with van der Waals surface area (Å²) in [7, 11) is 0. The van der Waals surface area contributed by atoms with Gasteiger partial charge in [-0.2, -0.15) is 29.9 Å². The van der Waals surface area contributed by atoms with Crippen molar-refractivity contribution in [3.05, 3.63) is 456 Å². The molecule has 0 amide bonds. The number of nitrogens with one attached hydrogen (secondary N) is 1. The lowest BCUT2D eigenvalue weighted by molar-refractivity contribution is 0.303. The second kappa shape index (κ2) is 50.0. The van der Waals surface area contributed by atoms with E-state index in [1.165, 1.54) is 17.2 Å². The first kappa shape index (κ1) is 102. The molecule has 0 unspecified atom stereocenters. The summed E-state index contributed by atoms with van der Waals surface area (Å²) in [5, 5.41) is 8.01. The number of ether oxygens (including phenoxy) is 6. The fourth-order valence-corrected chi connectivity index (χ4v) is 16.4. The number of rotatable bonds is 26. The Labute approximate surface area is 873 Å². The molecular formula is C113H99Cl4FN24O6. The third kappa shape index (κ3) is 26.5. The van der Waals surface area contributed by atoms with Gasteiger partial charge < -0.3 is 91.3 Å². The van der Waals surface area contributed by atoms with Crippen LogP contribution in [0.25, 0.3) is 66.9 Å². The van der Waals surface area contributed by atoms with Crippen LogP contribution in [0.4, 0.5) is 63.1 Å². The molecule has 12 aromatic carbocycles. The highest BCUT2D eigenvalue weighted by atomic mass is 35.5. The number of halogens is 5. The lowest BCUT2D eigenvalue weighted by Gasteiger charge is -2.18. The minimum atomic E-state index is -0.463. The molecule has 13 N–H and O–H groups in total. The van der Waals surface area contributed by atoms with Gasteiger partial charge in [-0.05, 0) is 192 Å². The summed E-state index contributed by atoms with van der Waals surface area (Å²) in [5.41, 5.74) is 47.3. The van der Waals surface area contributed by atoms with Crippen LogP contribution in [0.1, 0.15) is 38.9 Å². The maximum Gasteiger partial charge on any atom is 0.221 e. The van der Waals surface area contributed by atoms with Crippen molar-refractivity contribution >= 4 is 150 Å². The largest absolute Gasteiger partial charge is 0.493 e. The zero-order valence-corrected chi connectivity index (χ0v) is 82.6. The van der Waals surface area contributed by atoms with Gasteiger partial charge in [0.25, 0.3) is 0 Å². The Hall–Kier alpha value is -18.4. The van der Waals surface area contributed by atoms with E-state index in [0.29, 0.717) is 61.0 Å². The molecule has 1 aliphatic rings. The normalized spacial score (nSPS) is 11.0. The van der Waals surface area contributed by atoms with Crippen molar-refractivity contribution in [3.8, 4) is 57.8 Å². The van der Waals surface area contributed by atoms with E-state index in [1.807, 2.05) is 310 Å². The Kier molecular flexibility index (Phi) is 34.6. The number of nitrogens with zero attached hydrogens (tertiary/aromatic N) is 17. The van der Waals surface area contributed by atoms with E-state index in [0.717, 1.165) is 149 Å². The number of hydrogen-bond donors (Lipinski definition) is 7. The maximum atomic E-state index is 14.0. The number of anilines is 10. The number of benzene rings is 12. The molecule has 1 aliphatic heterocycles. The third-order valence-electron chi connectivity index (χ3n) is 23.0. The van der Waals surface area contributed by atoms with Gasteiger partial charge in [-0.1, -0.05) is 205 Å². The standard InChI is InChI=1S/C20H18N4O.C19H14ClFN4O.C19H15ClN4O.C19H18N4O.C19H16N4O.C17H16N4O.2ClH/c21-20-22-12-9-19(23-20)24-13-10-16-17(24)7-4-8-18(16)25-14-11-15-5-2-1-3-6-15;20-14-4-1-3-12(18(14)21)11-26-16-6-2-5-15-13(16)8-10-25(15)17-7-9-23-19(22)24-17;20-14-6-4-13(5-7-14)12-25-17-3-1-2-16-15(17)9-11-24(16)18-8-10-22-19(21)23-18;20-19-21-11-9-18(22-19)23-12-10-15-16(23)7-4-8-17(15)24-13-14-5-2-1-3-6-14;20-19-21-10-8-18(22-19)23-11-9-15-12-16(6-7-17(15)23)24-13-14-4-2-1-3-5-14;18-17-19-11-10-16(21-17)20-14-8-4-5-9-15(14)22-12-13-6-2-1-3-7-13;;/h1-10,12-13H,11,14H2,(H2,21,22,23);1-10H,11H2,(H2,22,23,24);1-11H,12H2,(H2,21,22,23);1-9,11H,10,12-13H2,(H2,20,21,22);1-12H,13H2,(H2,20,21,22);1-11H,12H2,(H3,18,19,20,21);2*1H. The van der Waals surface area contributed by atoms with Crippen LogP contribution in [0.2, 0.25) is 10.0 Å². The van der Waals surface area contributed by atoms with E-state index in [1.54, 1.807) is 61.4 Å². The van der Waals surface area contributed by atoms with Crippen molar-refractivity contribution in [2.24, 2.45) is 0 Å². The molecule has 0 spiro atoms. The topological polar surface area (TPSA) is 401 Å². The quantitative estimate of drug-likeness (QED) is 0.0265. The number of hydrogen-bond acceptors (Lipinski definition) is 26. The van der Waals surface area contributed by atoms with E-state index >= 15 is 0 Å². The SMILES string of the molecule is Cl.Cl.Nc1nccc(-n2ccc3c(OCCc4ccccc4)cccc32)n1.Nc1nccc(-n2ccc3c(OCc4ccc(Cl)cc4)cccc32)n1.Nc1nccc(-n2ccc3c(OCc4cccc(Cl)c4F)cccc32)n1.Nc1nccc(-n2ccc3cc(OCc4ccccc4)ccc32)n1.Nc1nccc(N2CCc3c(OCc4ccccc4)cccc32)n1.Nc1nccc(Nc2ccccc2OCc2ccccc2)n1. The van der Waals surface area contributed by atoms with Crippen molar-refractivity contribution in [1.29, 1.82) is 0 Å². The molecule has 0 radical (unpaired) electrons. The smallest absolute Gasteiger partial charge is 0.221 e. The molecule has 148 heavy (non-hydrogen) atoms. The molecule has 0 fully saturated rings. The Bertz CT molecular complexity index is 8150. The van der Waals surface area contributed by atoms with Crippen molar-refractivity contribution in [2.75, 3.05) is 57.8 Å². The molecule has 22 aromatic rings. The Balaban J connectivity index is 0.000000126. The number of para-hydroxylation sites is 2. The number of nitrogen functional groups attached to an aromatic ring is 6. The molecule has 11 heterocycles. The highest BCUT2D eigenvalue weighted by Gasteiger charge is 2.26. The molecule has 742 valence electrons. The Morgan fingerprint density at radius 2 is 0.703 bits per heavy atom. The van der Waals surface area contributed by atoms with Crippen LogP contribution in [0.15, 0.2) is 402 Å². The Morgan fingerprint density at radius 1 is 0.318 bits per heavy atom. The van der Waals surface area contributed by atoms with Gasteiger partial charge in [-0.3, -0.25) is 0 Å². The van der Waals surface area contributed by atoms with Gasteiger partial charge in [0.15, 0.2) is 0 Å². The summed E-state index contributed by atoms with van der Waals surface area (Å²) < 4.78 is 57.6. The van der Waals surface area contributed by atoms with Gasteiger partial charge >= 0.3 is 0 Å². The molecule has 10 aromatic heterocycles. The average molecular weight is 2050 g/mol. The molecule has 0 atom stereocenters. The second-order valence-electron chi connectivity index (χ2n) is 32.8. The summed E-state index contributed by atoms with van der Waals surface area (Å²) in [6, 6.07) is 109. The minimum Gasteiger partial charge on any atom is -0.493 e. The Morgan fingerprint density at radius 3 is 1.20 bits per heavy atom. The van der Waals surface area contributed by atoms with Gasteiger partial charge in [0.2, 0.25) is 35.7 Å². The van der Waals surface area contributed by atoms with Crippen molar-refractivity contribution in [1.82, 2.24) is 78.1 Å². The van der Waals surface area contributed by atoms with E-state index in [-0.39, 0.29) is 72.1 Å². The predicted molar refractivity (Wildman–Crippen MR) is 587 cm³/mol. The van der Waals surface area contributed by atoms with Crippen LogP contribution in [0.5, 0.6) is 34.5 Å². The molecule has 0 saturated carbocycles. The lowest BCUT2D eigenvalue weighted by Crippen LogP contribution is -2.15. The van der Waals surface area contributed by atoms with Crippen molar-refractivity contribution < 1.29 is 32.8 Å². The molecule has 0 saturated heterocycles. The second-order valence-corrected chi connectivity index (χ2v) is 33.6. The summed E-state index contributed by atoms with van der Waals surface area (Å²) in [4.78, 5) is 51.2. The van der Waals surface area contributed by atoms with Crippen LogP contribution in [-0.4, -0.2) is 91.2 Å². The zero-order valence-electron chi connectivity index (χ0n) is 79.4. The van der Waals surface area contributed by atoms with Crippen molar-refractivity contribution in [2.45, 2.75) is 45.9 Å². The lowest BCUT2D eigenvalue weighted by atomic mass is 10.1. The molecule has 0 aliphatic carbocycles. The molecule has 0 bridgehead atoms. The van der Waals surface area contributed by atoms with E-state index in [4.69, 9.17) is 86.0 Å². The predicted octanol–water partition coefficient (Wildman–Crippen LogP) is 23.4. The van der Waals surface area contributed by atoms with Crippen LogP contribution in [-0.2, 0) is 45.9 Å². The maximum absolute atomic E-state index is 14.0. The highest BCUT2D eigenvalue weighted by molar-refractivity contribution is 6.31. The first-order valence-electron chi connectivity index (χ1n) is 46.4. The van der Waals surface area contributed by atoms with Gasteiger partial charge in [0, 0.05) is 118 Å². The van der Waals surface area contributed by atoms with Crippen LogP contribution >= 0.6 is 48.0 Å². The highest BCUT2D eigenvalue weighted by Crippen LogP contribution is 2.41. The minimum absolute atomic E-state index is 0. The van der Waals surface area contributed by atoms with E-state index in [2.05, 4.69) is 112 Å². The monoisotopic (exact) mass is 2050 g/mol. The van der Waals surface area contributed by atoms with Crippen LogP contribution in [0, 0.1) is 5.82 Å². The summed E-state index contributed by atoms with van der Waals surface area (Å²) in [6.45, 7) is 3.67. The number of fused-ring (bicyclic) bond motifs is 5. The van der Waals surface area contributed by atoms with Crippen LogP contribution < -0.4 is 73.0 Å². The van der Waals surface area contributed by atoms with Gasteiger partial charge in [-0.25, -0.2) is 34.3 Å². The molecular weight excluding hydrogens is 1950 g/mol. The molecule has 35 heteroatoms. The molecule has 23 rings (SSSR count). The van der Waals surface area contributed by atoms with E-state index < -0.39 is 5.82 Å². The van der Waals surface area contributed by atoms with Gasteiger partial charge in [0.1, 0.15) is 108 Å². The zero-order chi connectivity index (χ0) is 100. The van der Waals surface area contributed by atoms with Gasteiger partial charge in [0.05, 0.1) is 39.4 Å². The van der Waals surface area contributed by atoms with Gasteiger partial charge in [-0.15, -0.1) is 24.8 Å². The fourth-order valence-electron chi connectivity index (χ4n) is 16.1. The summed E-state index contributed by atoms with van der Waals surface area (Å²) in [5.74, 6) is 10.2. The summed E-state index contributed by atoms with van der Waals surface area (Å²) >= 11 is 11.7. The number of nitrogens with two attached hydrogens (primary N) is 6. The number of aromatic nitrogens is 16. The fraction of sp³-hybridized carbons (Fsp3) is 0.0796. The van der Waals surface area contributed by atoms with E-state index in [9.17, 15) is 4.39 Å². The first-order chi connectivity index (χ1) is 71.6. The first-order valence-corrected chi connectivity index (χ1v) is 47.1. The van der Waals surface area contributed by atoms with Crippen LogP contribution in [0.3, 0.4) is 0 Å². The molecule has 30 nitrogen and oxygen atoms in total. The summed E-state index contributed by atoms with van der Waals surface area (Å²) in [6.07, 6.45) is 19.4.